The Morgan fingerprint density at radius 3 is 2.47 bits per heavy atom. The van der Waals surface area contributed by atoms with Gasteiger partial charge in [-0.2, -0.15) is 5.26 Å². The van der Waals surface area contributed by atoms with Crippen LogP contribution in [0.5, 0.6) is 5.75 Å². The van der Waals surface area contributed by atoms with Crippen LogP contribution < -0.4 is 10.1 Å². The number of aryl methyl sites for hydroxylation is 2. The number of nitrogens with one attached hydrogen (secondary N) is 1. The Morgan fingerprint density at radius 2 is 2.00 bits per heavy atom. The van der Waals surface area contributed by atoms with Gasteiger partial charge in [-0.1, -0.05) is 0 Å². The number of benzene rings is 1. The normalized spacial score (nSPS) is 23.4. The van der Waals surface area contributed by atoms with Gasteiger partial charge in [-0.25, -0.2) is 0 Å². The Balaban J connectivity index is 2.24. The minimum Gasteiger partial charge on any atom is -0.486 e. The monoisotopic (exact) mass is 232 g/mol. The molecular formula is C13H16N2O2. The molecule has 0 aliphatic carbocycles. The van der Waals surface area contributed by atoms with E-state index in [4.69, 9.17) is 10.00 Å². The van der Waals surface area contributed by atoms with Gasteiger partial charge in [0.25, 0.3) is 0 Å². The minimum atomic E-state index is -0.468. The molecule has 1 aliphatic rings. The summed E-state index contributed by atoms with van der Waals surface area (Å²) in [5.74, 6) is 0.775. The number of aliphatic hydroxyl groups is 1. The van der Waals surface area contributed by atoms with Gasteiger partial charge in [-0.15, -0.1) is 0 Å². The van der Waals surface area contributed by atoms with E-state index in [-0.39, 0.29) is 6.10 Å². The van der Waals surface area contributed by atoms with Crippen molar-refractivity contribution >= 4 is 0 Å². The Hall–Kier alpha value is -1.57. The van der Waals surface area contributed by atoms with E-state index in [2.05, 4.69) is 11.4 Å². The molecule has 1 aromatic rings. The molecule has 4 heteroatoms. The number of rotatable bonds is 2. The first-order valence-corrected chi connectivity index (χ1v) is 5.68. The third-order valence-electron chi connectivity index (χ3n) is 2.99. The zero-order chi connectivity index (χ0) is 12.4. The minimum absolute atomic E-state index is 0.208. The van der Waals surface area contributed by atoms with Crippen molar-refractivity contribution in [1.82, 2.24) is 5.32 Å². The van der Waals surface area contributed by atoms with Crippen LogP contribution in [-0.4, -0.2) is 30.4 Å². The van der Waals surface area contributed by atoms with Gasteiger partial charge in [0, 0.05) is 13.1 Å². The first kappa shape index (κ1) is 11.9. The highest BCUT2D eigenvalue weighted by atomic mass is 16.5. The molecule has 0 spiro atoms. The molecule has 2 N–H and O–H groups in total. The molecule has 4 nitrogen and oxygen atoms in total. The van der Waals surface area contributed by atoms with Crippen LogP contribution in [0.3, 0.4) is 0 Å². The summed E-state index contributed by atoms with van der Waals surface area (Å²) in [6.45, 7) is 5.05. The first-order chi connectivity index (χ1) is 8.11. The van der Waals surface area contributed by atoms with Crippen LogP contribution >= 0.6 is 0 Å². The number of hydrogen-bond acceptors (Lipinski definition) is 4. The molecule has 0 amide bonds. The second-order valence-corrected chi connectivity index (χ2v) is 4.43. The van der Waals surface area contributed by atoms with Gasteiger partial charge in [0.1, 0.15) is 18.0 Å². The van der Waals surface area contributed by atoms with E-state index >= 15 is 0 Å². The van der Waals surface area contributed by atoms with Crippen molar-refractivity contribution in [2.75, 3.05) is 13.1 Å². The van der Waals surface area contributed by atoms with E-state index in [0.29, 0.717) is 18.7 Å². The molecule has 1 saturated heterocycles. The molecular weight excluding hydrogens is 216 g/mol. The number of nitrogens with zero attached hydrogens (tertiary/aromatic N) is 1. The maximum absolute atomic E-state index is 9.69. The molecule has 17 heavy (non-hydrogen) atoms. The molecule has 2 rings (SSSR count). The third kappa shape index (κ3) is 2.41. The SMILES string of the molecule is Cc1cc(C#N)cc(C)c1OC1CNCC1O. The van der Waals surface area contributed by atoms with E-state index in [1.54, 1.807) is 12.1 Å². The van der Waals surface area contributed by atoms with E-state index in [1.165, 1.54) is 0 Å². The second kappa shape index (κ2) is 4.74. The summed E-state index contributed by atoms with van der Waals surface area (Å²) in [6, 6.07) is 5.73. The van der Waals surface area contributed by atoms with Crippen molar-refractivity contribution < 1.29 is 9.84 Å². The van der Waals surface area contributed by atoms with E-state index in [0.717, 1.165) is 16.9 Å². The van der Waals surface area contributed by atoms with Gasteiger partial charge in [0.05, 0.1) is 11.6 Å². The van der Waals surface area contributed by atoms with Gasteiger partial charge in [0.15, 0.2) is 0 Å². The number of nitriles is 1. The molecule has 90 valence electrons. The smallest absolute Gasteiger partial charge is 0.138 e. The highest BCUT2D eigenvalue weighted by Crippen LogP contribution is 2.26. The lowest BCUT2D eigenvalue weighted by Crippen LogP contribution is -2.30. The van der Waals surface area contributed by atoms with Gasteiger partial charge >= 0.3 is 0 Å². The summed E-state index contributed by atoms with van der Waals surface area (Å²) >= 11 is 0. The van der Waals surface area contributed by atoms with E-state index in [1.807, 2.05) is 13.8 Å². The Labute approximate surface area is 101 Å². The Kier molecular flexibility index (Phi) is 3.32. The Morgan fingerprint density at radius 1 is 1.35 bits per heavy atom. The quantitative estimate of drug-likeness (QED) is 0.794. The fraction of sp³-hybridized carbons (Fsp3) is 0.462. The van der Waals surface area contributed by atoms with Crippen molar-refractivity contribution in [3.05, 3.63) is 28.8 Å². The summed E-state index contributed by atoms with van der Waals surface area (Å²) in [6.07, 6.45) is -0.676. The second-order valence-electron chi connectivity index (χ2n) is 4.43. The predicted octanol–water partition coefficient (Wildman–Crippen LogP) is 0.887. The van der Waals surface area contributed by atoms with Crippen LogP contribution in [0.1, 0.15) is 16.7 Å². The highest BCUT2D eigenvalue weighted by Gasteiger charge is 2.27. The van der Waals surface area contributed by atoms with Gasteiger partial charge in [0.2, 0.25) is 0 Å². The van der Waals surface area contributed by atoms with Crippen molar-refractivity contribution in [2.45, 2.75) is 26.1 Å². The molecule has 1 aliphatic heterocycles. The Bertz CT molecular complexity index is 442. The third-order valence-corrected chi connectivity index (χ3v) is 2.99. The van der Waals surface area contributed by atoms with Crippen LogP contribution in [0.15, 0.2) is 12.1 Å². The van der Waals surface area contributed by atoms with Crippen molar-refractivity contribution in [1.29, 1.82) is 5.26 Å². The van der Waals surface area contributed by atoms with E-state index in [9.17, 15) is 5.11 Å². The van der Waals surface area contributed by atoms with Crippen LogP contribution in [0.4, 0.5) is 0 Å². The molecule has 0 saturated carbocycles. The number of hydrogen-bond donors (Lipinski definition) is 2. The molecule has 2 unspecified atom stereocenters. The van der Waals surface area contributed by atoms with Crippen molar-refractivity contribution in [3.8, 4) is 11.8 Å². The molecule has 1 heterocycles. The summed E-state index contributed by atoms with van der Waals surface area (Å²) < 4.78 is 5.83. The van der Waals surface area contributed by atoms with Crippen LogP contribution in [-0.2, 0) is 0 Å². The zero-order valence-electron chi connectivity index (χ0n) is 10.0. The van der Waals surface area contributed by atoms with Crippen LogP contribution in [0.2, 0.25) is 0 Å². The van der Waals surface area contributed by atoms with E-state index < -0.39 is 6.10 Å². The standard InChI is InChI=1S/C13H16N2O2/c1-8-3-10(5-14)4-9(2)13(8)17-12-7-15-6-11(12)16/h3-4,11-12,15-16H,6-7H2,1-2H3. The van der Waals surface area contributed by atoms with Gasteiger partial charge in [-0.3, -0.25) is 0 Å². The average Bonchev–Trinajstić information content (AvgIpc) is 2.69. The largest absolute Gasteiger partial charge is 0.486 e. The molecule has 0 bridgehead atoms. The lowest BCUT2D eigenvalue weighted by molar-refractivity contribution is 0.0728. The predicted molar refractivity (Wildman–Crippen MR) is 63.9 cm³/mol. The van der Waals surface area contributed by atoms with Crippen molar-refractivity contribution in [2.24, 2.45) is 0 Å². The van der Waals surface area contributed by atoms with Crippen molar-refractivity contribution in [3.63, 3.8) is 0 Å². The summed E-state index contributed by atoms with van der Waals surface area (Å²) in [5, 5.41) is 21.6. The number of ether oxygens (including phenoxy) is 1. The average molecular weight is 232 g/mol. The number of aliphatic hydroxyl groups excluding tert-OH is 1. The topological polar surface area (TPSA) is 65.3 Å². The van der Waals surface area contributed by atoms with Crippen LogP contribution in [0, 0.1) is 25.2 Å². The molecule has 0 aromatic heterocycles. The maximum atomic E-state index is 9.69. The highest BCUT2D eigenvalue weighted by molar-refractivity contribution is 5.47. The molecule has 0 radical (unpaired) electrons. The van der Waals surface area contributed by atoms with Crippen LogP contribution in [0.25, 0.3) is 0 Å². The summed E-state index contributed by atoms with van der Waals surface area (Å²) in [4.78, 5) is 0. The summed E-state index contributed by atoms with van der Waals surface area (Å²) in [7, 11) is 0. The fourth-order valence-electron chi connectivity index (χ4n) is 2.11. The fourth-order valence-corrected chi connectivity index (χ4v) is 2.11. The van der Waals surface area contributed by atoms with Gasteiger partial charge < -0.3 is 15.2 Å². The molecule has 2 atom stereocenters. The zero-order valence-corrected chi connectivity index (χ0v) is 10.0. The molecule has 1 aromatic carbocycles. The first-order valence-electron chi connectivity index (χ1n) is 5.68. The van der Waals surface area contributed by atoms with Gasteiger partial charge in [-0.05, 0) is 37.1 Å². The molecule has 1 fully saturated rings. The lowest BCUT2D eigenvalue weighted by atomic mass is 10.1. The lowest BCUT2D eigenvalue weighted by Gasteiger charge is -2.19. The maximum Gasteiger partial charge on any atom is 0.138 e. The number of β-amino-alcohol motifs (C(OH)–C–C–N with tert-alkyl or cyclic N) is 1. The summed E-state index contributed by atoms with van der Waals surface area (Å²) in [5.41, 5.74) is 2.50.